The van der Waals surface area contributed by atoms with Crippen LogP contribution in [-0.4, -0.2) is 40.2 Å². The molecule has 3 N–H and O–H groups in total. The van der Waals surface area contributed by atoms with Crippen LogP contribution in [0.1, 0.15) is 49.5 Å². The zero-order valence-corrected chi connectivity index (χ0v) is 18.9. The van der Waals surface area contributed by atoms with Gasteiger partial charge >= 0.3 is 5.69 Å². The van der Waals surface area contributed by atoms with Crippen molar-refractivity contribution in [3.05, 3.63) is 62.3 Å². The van der Waals surface area contributed by atoms with E-state index in [4.69, 9.17) is 5.73 Å². The first-order chi connectivity index (χ1) is 15.3. The summed E-state index contributed by atoms with van der Waals surface area (Å²) < 4.78 is 2.72. The highest BCUT2D eigenvalue weighted by Gasteiger charge is 2.22. The normalized spacial score (nSPS) is 15.9. The quantitative estimate of drug-likeness (QED) is 0.660. The van der Waals surface area contributed by atoms with E-state index in [0.717, 1.165) is 19.4 Å². The number of carbonyl (C=O) groups excluding carboxylic acids is 1. The Morgan fingerprint density at radius 1 is 1.25 bits per heavy atom. The number of benzene rings is 1. The Labute approximate surface area is 188 Å². The molecule has 3 rings (SSSR count). The molecule has 8 nitrogen and oxygen atoms in total. The van der Waals surface area contributed by atoms with E-state index in [0.29, 0.717) is 23.5 Å². The number of aromatic nitrogens is 2. The second-order valence-electron chi connectivity index (χ2n) is 8.40. The average molecular weight is 438 g/mol. The van der Waals surface area contributed by atoms with E-state index in [2.05, 4.69) is 17.2 Å². The molecule has 1 saturated heterocycles. The molecule has 170 valence electrons. The first-order valence-electron chi connectivity index (χ1n) is 10.9. The number of carbonyl (C=O) groups is 1. The third-order valence-corrected chi connectivity index (χ3v) is 5.40. The highest BCUT2D eigenvalue weighted by atomic mass is 16.2. The van der Waals surface area contributed by atoms with Crippen LogP contribution in [0, 0.1) is 11.8 Å². The van der Waals surface area contributed by atoms with Crippen molar-refractivity contribution in [2.45, 2.75) is 58.8 Å². The molecule has 1 fully saturated rings. The molecule has 0 saturated carbocycles. The van der Waals surface area contributed by atoms with Crippen LogP contribution >= 0.6 is 0 Å². The van der Waals surface area contributed by atoms with Gasteiger partial charge in [0.2, 0.25) is 0 Å². The number of nitrogens with zero attached hydrogens (tertiary/aromatic N) is 3. The largest absolute Gasteiger partial charge is 0.356 e. The lowest BCUT2D eigenvalue weighted by molar-refractivity contribution is 0.0943. The van der Waals surface area contributed by atoms with Crippen molar-refractivity contribution < 1.29 is 4.79 Å². The van der Waals surface area contributed by atoms with Gasteiger partial charge in [0.05, 0.1) is 13.1 Å². The molecule has 0 spiro atoms. The van der Waals surface area contributed by atoms with E-state index in [1.165, 1.54) is 15.2 Å². The standard InChI is InChI=1S/C24H31N5O3/c1-4-5-12-28-21(27-11-7-10-20(25)16-27)14-22(30)29(24(28)32)15-18-8-6-9-19(13-18)23(31)26-17(2)3/h6,8-9,13-14,17,20H,7,10-12,15-16,25H2,1-3H3,(H,26,31)/t20-/m1/s1. The molecule has 0 radical (unpaired) electrons. The maximum atomic E-state index is 13.3. The summed E-state index contributed by atoms with van der Waals surface area (Å²) in [6, 6.07) is 8.47. The molecule has 0 aliphatic carbocycles. The Morgan fingerprint density at radius 3 is 2.72 bits per heavy atom. The smallest absolute Gasteiger partial charge is 0.333 e. The van der Waals surface area contributed by atoms with Crippen LogP contribution in [0.4, 0.5) is 5.82 Å². The van der Waals surface area contributed by atoms with Crippen molar-refractivity contribution in [2.75, 3.05) is 18.0 Å². The van der Waals surface area contributed by atoms with Crippen LogP contribution < -0.4 is 27.2 Å². The van der Waals surface area contributed by atoms with Gasteiger partial charge in [0.15, 0.2) is 0 Å². The second-order valence-corrected chi connectivity index (χ2v) is 8.40. The number of hydrogen-bond acceptors (Lipinski definition) is 5. The van der Waals surface area contributed by atoms with E-state index < -0.39 is 5.69 Å². The van der Waals surface area contributed by atoms with Crippen molar-refractivity contribution in [3.63, 3.8) is 0 Å². The SMILES string of the molecule is CC#CCn1c(N2CCC[C@@H](N)C2)cc(=O)n(Cc2cccc(C(=O)NC(C)C)c2)c1=O. The number of piperidine rings is 1. The number of amides is 1. The van der Waals surface area contributed by atoms with Gasteiger partial charge in [-0.05, 0) is 51.3 Å². The van der Waals surface area contributed by atoms with E-state index in [9.17, 15) is 14.4 Å². The molecule has 2 heterocycles. The fourth-order valence-electron chi connectivity index (χ4n) is 3.88. The third-order valence-electron chi connectivity index (χ3n) is 5.40. The van der Waals surface area contributed by atoms with Crippen molar-refractivity contribution >= 4 is 11.7 Å². The van der Waals surface area contributed by atoms with E-state index in [1.807, 2.05) is 18.7 Å². The first-order valence-corrected chi connectivity index (χ1v) is 10.9. The van der Waals surface area contributed by atoms with Gasteiger partial charge < -0.3 is 16.0 Å². The van der Waals surface area contributed by atoms with E-state index in [-0.39, 0.29) is 36.6 Å². The zero-order valence-electron chi connectivity index (χ0n) is 18.9. The molecule has 0 unspecified atom stereocenters. The van der Waals surface area contributed by atoms with Crippen LogP contribution in [0.5, 0.6) is 0 Å². The summed E-state index contributed by atoms with van der Waals surface area (Å²) in [6.45, 7) is 7.08. The van der Waals surface area contributed by atoms with Crippen LogP contribution in [0.2, 0.25) is 0 Å². The molecule has 2 aromatic rings. The lowest BCUT2D eigenvalue weighted by atomic mass is 10.1. The molecule has 1 amide bonds. The number of nitrogens with one attached hydrogen (secondary N) is 1. The Bertz CT molecular complexity index is 1150. The number of nitrogens with two attached hydrogens (primary N) is 1. The Kier molecular flexibility index (Phi) is 7.54. The predicted octanol–water partition coefficient (Wildman–Crippen LogP) is 1.15. The lowest BCUT2D eigenvalue weighted by Gasteiger charge is -2.33. The van der Waals surface area contributed by atoms with Crippen molar-refractivity contribution in [3.8, 4) is 11.8 Å². The summed E-state index contributed by atoms with van der Waals surface area (Å²) in [4.78, 5) is 40.6. The maximum Gasteiger partial charge on any atom is 0.333 e. The Morgan fingerprint density at radius 2 is 2.03 bits per heavy atom. The minimum Gasteiger partial charge on any atom is -0.356 e. The molecule has 32 heavy (non-hydrogen) atoms. The molecular weight excluding hydrogens is 406 g/mol. The zero-order chi connectivity index (χ0) is 23.3. The molecule has 1 aliphatic rings. The summed E-state index contributed by atoms with van der Waals surface area (Å²) >= 11 is 0. The summed E-state index contributed by atoms with van der Waals surface area (Å²) in [6.07, 6.45) is 1.83. The first kappa shape index (κ1) is 23.4. The summed E-state index contributed by atoms with van der Waals surface area (Å²) in [5, 5.41) is 2.85. The van der Waals surface area contributed by atoms with E-state index >= 15 is 0 Å². The van der Waals surface area contributed by atoms with Crippen molar-refractivity contribution in [1.29, 1.82) is 0 Å². The van der Waals surface area contributed by atoms with Gasteiger partial charge in [-0.2, -0.15) is 0 Å². The van der Waals surface area contributed by atoms with Crippen LogP contribution in [0.25, 0.3) is 0 Å². The highest BCUT2D eigenvalue weighted by Crippen LogP contribution is 2.17. The summed E-state index contributed by atoms with van der Waals surface area (Å²) in [5.41, 5.74) is 6.49. The molecular formula is C24H31N5O3. The Balaban J connectivity index is 1.99. The minimum atomic E-state index is -0.425. The number of hydrogen-bond donors (Lipinski definition) is 2. The molecule has 1 aromatic carbocycles. The van der Waals surface area contributed by atoms with Crippen LogP contribution in [0.3, 0.4) is 0 Å². The maximum absolute atomic E-state index is 13.3. The number of rotatable bonds is 6. The Hall–Kier alpha value is -3.31. The third kappa shape index (κ3) is 5.48. The number of anilines is 1. The van der Waals surface area contributed by atoms with Gasteiger partial charge in [0.25, 0.3) is 11.5 Å². The fraction of sp³-hybridized carbons (Fsp3) is 0.458. The van der Waals surface area contributed by atoms with Gasteiger partial charge in [0.1, 0.15) is 5.82 Å². The molecule has 8 heteroatoms. The lowest BCUT2D eigenvalue weighted by Crippen LogP contribution is -2.48. The molecule has 1 aromatic heterocycles. The molecule has 0 bridgehead atoms. The fourth-order valence-corrected chi connectivity index (χ4v) is 3.88. The monoisotopic (exact) mass is 437 g/mol. The molecule has 1 atom stereocenters. The van der Waals surface area contributed by atoms with Crippen molar-refractivity contribution in [1.82, 2.24) is 14.5 Å². The van der Waals surface area contributed by atoms with Gasteiger partial charge in [-0.15, -0.1) is 5.92 Å². The van der Waals surface area contributed by atoms with Gasteiger partial charge in [-0.25, -0.2) is 4.79 Å². The minimum absolute atomic E-state index is 0.00622. The van der Waals surface area contributed by atoms with Gasteiger partial charge in [-0.1, -0.05) is 18.1 Å². The highest BCUT2D eigenvalue weighted by molar-refractivity contribution is 5.94. The van der Waals surface area contributed by atoms with E-state index in [1.54, 1.807) is 31.2 Å². The van der Waals surface area contributed by atoms with Gasteiger partial charge in [-0.3, -0.25) is 18.7 Å². The average Bonchev–Trinajstić information content (AvgIpc) is 2.75. The second kappa shape index (κ2) is 10.3. The van der Waals surface area contributed by atoms with Gasteiger partial charge in [0, 0.05) is 36.8 Å². The topological polar surface area (TPSA) is 102 Å². The van der Waals surface area contributed by atoms with Crippen LogP contribution in [-0.2, 0) is 13.1 Å². The summed E-state index contributed by atoms with van der Waals surface area (Å²) in [5.74, 6) is 6.11. The predicted molar refractivity (Wildman–Crippen MR) is 126 cm³/mol. The van der Waals surface area contributed by atoms with Crippen LogP contribution in [0.15, 0.2) is 39.9 Å². The molecule has 1 aliphatic heterocycles. The summed E-state index contributed by atoms with van der Waals surface area (Å²) in [7, 11) is 0. The van der Waals surface area contributed by atoms with Crippen molar-refractivity contribution in [2.24, 2.45) is 5.73 Å².